The number of benzene rings is 2. The maximum atomic E-state index is 12.5. The predicted molar refractivity (Wildman–Crippen MR) is 121 cm³/mol. The molecule has 0 heterocycles. The van der Waals surface area contributed by atoms with Crippen LogP contribution in [0.25, 0.3) is 0 Å². The number of anilines is 1. The van der Waals surface area contributed by atoms with Crippen molar-refractivity contribution in [3.63, 3.8) is 0 Å². The van der Waals surface area contributed by atoms with Crippen molar-refractivity contribution in [1.82, 2.24) is 20.5 Å². The number of hydrazine groups is 1. The van der Waals surface area contributed by atoms with Gasteiger partial charge >= 0.3 is 6.03 Å². The number of halogens is 1. The number of carbonyl (C=O) groups is 3. The molecule has 10 nitrogen and oxygen atoms in total. The fourth-order valence-electron chi connectivity index (χ4n) is 2.62. The normalized spacial score (nSPS) is 11.0. The van der Waals surface area contributed by atoms with Crippen LogP contribution in [0.4, 0.5) is 10.5 Å². The molecule has 0 aliphatic carbocycles. The van der Waals surface area contributed by atoms with E-state index in [-0.39, 0.29) is 10.5 Å². The Bertz CT molecular complexity index is 1050. The van der Waals surface area contributed by atoms with Crippen molar-refractivity contribution >= 4 is 45.2 Å². The van der Waals surface area contributed by atoms with Crippen LogP contribution in [0.15, 0.2) is 53.4 Å². The number of hydrogen-bond acceptors (Lipinski definition) is 5. The van der Waals surface area contributed by atoms with Gasteiger partial charge in [0.2, 0.25) is 10.0 Å². The summed E-state index contributed by atoms with van der Waals surface area (Å²) >= 11 is 5.76. The predicted octanol–water partition coefficient (Wildman–Crippen LogP) is 1.95. The SMILES string of the molecule is CCN(CC)S(=O)(=O)c1ccc(C(=O)NCC(=O)NNC(=O)Nc2ccc(Cl)cc2)cc1. The Morgan fingerprint density at radius 2 is 1.50 bits per heavy atom. The monoisotopic (exact) mass is 481 g/mol. The minimum absolute atomic E-state index is 0.0754. The summed E-state index contributed by atoms with van der Waals surface area (Å²) in [6.07, 6.45) is 0. The van der Waals surface area contributed by atoms with E-state index in [4.69, 9.17) is 11.6 Å². The highest BCUT2D eigenvalue weighted by Crippen LogP contribution is 2.16. The third kappa shape index (κ3) is 6.94. The number of rotatable bonds is 8. The lowest BCUT2D eigenvalue weighted by molar-refractivity contribution is -0.120. The van der Waals surface area contributed by atoms with E-state index in [2.05, 4.69) is 21.5 Å². The highest BCUT2D eigenvalue weighted by Gasteiger charge is 2.21. The van der Waals surface area contributed by atoms with Gasteiger partial charge in [0.15, 0.2) is 0 Å². The summed E-state index contributed by atoms with van der Waals surface area (Å²) in [4.78, 5) is 35.9. The van der Waals surface area contributed by atoms with E-state index in [1.54, 1.807) is 38.1 Å². The summed E-state index contributed by atoms with van der Waals surface area (Å²) in [6.45, 7) is 3.75. The number of amides is 4. The summed E-state index contributed by atoms with van der Waals surface area (Å²) in [5, 5.41) is 5.38. The molecule has 32 heavy (non-hydrogen) atoms. The van der Waals surface area contributed by atoms with Crippen LogP contribution >= 0.6 is 11.6 Å². The lowest BCUT2D eigenvalue weighted by Crippen LogP contribution is -2.47. The fourth-order valence-corrected chi connectivity index (χ4v) is 4.20. The second kappa shape index (κ2) is 11.5. The molecule has 0 saturated carbocycles. The quantitative estimate of drug-likeness (QED) is 0.427. The zero-order valence-electron chi connectivity index (χ0n) is 17.5. The van der Waals surface area contributed by atoms with Gasteiger partial charge in [0.1, 0.15) is 0 Å². The number of hydrogen-bond donors (Lipinski definition) is 4. The molecule has 0 fully saturated rings. The van der Waals surface area contributed by atoms with E-state index < -0.39 is 34.4 Å². The Morgan fingerprint density at radius 3 is 2.06 bits per heavy atom. The second-order valence-corrected chi connectivity index (χ2v) is 8.80. The highest BCUT2D eigenvalue weighted by molar-refractivity contribution is 7.89. The molecule has 4 amide bonds. The van der Waals surface area contributed by atoms with Crippen molar-refractivity contribution in [2.45, 2.75) is 18.7 Å². The van der Waals surface area contributed by atoms with E-state index in [0.29, 0.717) is 23.8 Å². The molecule has 12 heteroatoms. The van der Waals surface area contributed by atoms with Gasteiger partial charge in [0.25, 0.3) is 11.8 Å². The first-order valence-corrected chi connectivity index (χ1v) is 11.5. The molecule has 0 aliphatic heterocycles. The van der Waals surface area contributed by atoms with E-state index >= 15 is 0 Å². The molecule has 2 rings (SSSR count). The first kappa shape index (κ1) is 25.1. The first-order valence-electron chi connectivity index (χ1n) is 9.67. The molecule has 0 radical (unpaired) electrons. The van der Waals surface area contributed by atoms with E-state index in [0.717, 1.165) is 0 Å². The molecule has 0 aromatic heterocycles. The van der Waals surface area contributed by atoms with Crippen molar-refractivity contribution in [2.75, 3.05) is 25.0 Å². The van der Waals surface area contributed by atoms with Crippen molar-refractivity contribution in [3.8, 4) is 0 Å². The van der Waals surface area contributed by atoms with Gasteiger partial charge in [-0.15, -0.1) is 0 Å². The highest BCUT2D eigenvalue weighted by atomic mass is 35.5. The van der Waals surface area contributed by atoms with E-state index in [1.807, 2.05) is 0 Å². The Morgan fingerprint density at radius 1 is 0.906 bits per heavy atom. The van der Waals surface area contributed by atoms with Crippen LogP contribution in [0.1, 0.15) is 24.2 Å². The number of sulfonamides is 1. The van der Waals surface area contributed by atoms with Crippen LogP contribution in [0.5, 0.6) is 0 Å². The molecule has 0 atom stereocenters. The van der Waals surface area contributed by atoms with Gasteiger partial charge in [0, 0.05) is 29.4 Å². The van der Waals surface area contributed by atoms with Crippen LogP contribution in [0.2, 0.25) is 5.02 Å². The molecule has 4 N–H and O–H groups in total. The smallest absolute Gasteiger partial charge is 0.337 e. The zero-order chi connectivity index (χ0) is 23.7. The lowest BCUT2D eigenvalue weighted by Gasteiger charge is -2.18. The molecule has 172 valence electrons. The van der Waals surface area contributed by atoms with Gasteiger partial charge in [0.05, 0.1) is 11.4 Å². The van der Waals surface area contributed by atoms with Crippen molar-refractivity contribution < 1.29 is 22.8 Å². The molecule has 0 saturated heterocycles. The van der Waals surface area contributed by atoms with Gasteiger partial charge in [-0.05, 0) is 48.5 Å². The average molecular weight is 482 g/mol. The summed E-state index contributed by atoms with van der Waals surface area (Å²) < 4.78 is 26.3. The van der Waals surface area contributed by atoms with Crippen molar-refractivity contribution in [1.29, 1.82) is 0 Å². The van der Waals surface area contributed by atoms with Crippen molar-refractivity contribution in [2.24, 2.45) is 0 Å². The van der Waals surface area contributed by atoms with E-state index in [1.165, 1.54) is 28.6 Å². The Balaban J connectivity index is 1.82. The fraction of sp³-hybridized carbons (Fsp3) is 0.250. The number of carbonyl (C=O) groups excluding carboxylic acids is 3. The Hall–Kier alpha value is -3.15. The van der Waals surface area contributed by atoms with Crippen LogP contribution in [0.3, 0.4) is 0 Å². The summed E-state index contributed by atoms with van der Waals surface area (Å²) in [6, 6.07) is 11.1. The average Bonchev–Trinajstić information content (AvgIpc) is 2.78. The first-order chi connectivity index (χ1) is 15.2. The summed E-state index contributed by atoms with van der Waals surface area (Å²) in [5.74, 6) is -1.23. The van der Waals surface area contributed by atoms with Gasteiger partial charge in [-0.3, -0.25) is 15.0 Å². The third-order valence-electron chi connectivity index (χ3n) is 4.29. The zero-order valence-corrected chi connectivity index (χ0v) is 19.1. The van der Waals surface area contributed by atoms with E-state index in [9.17, 15) is 22.8 Å². The van der Waals surface area contributed by atoms with Crippen molar-refractivity contribution in [3.05, 3.63) is 59.1 Å². The van der Waals surface area contributed by atoms with Crippen LogP contribution in [-0.4, -0.2) is 50.2 Å². The number of urea groups is 1. The minimum Gasteiger partial charge on any atom is -0.343 e. The standard InChI is InChI=1S/C20H24ClN5O5S/c1-3-26(4-2)32(30,31)17-11-5-14(6-12-17)19(28)22-13-18(27)24-25-20(29)23-16-9-7-15(21)8-10-16/h5-12H,3-4,13H2,1-2H3,(H,22,28)(H,24,27)(H2,23,25,29). The molecular formula is C20H24ClN5O5S. The number of nitrogens with zero attached hydrogens (tertiary/aromatic N) is 1. The van der Waals surface area contributed by atoms with Gasteiger partial charge < -0.3 is 10.6 Å². The lowest BCUT2D eigenvalue weighted by atomic mass is 10.2. The molecule has 0 spiro atoms. The molecular weight excluding hydrogens is 458 g/mol. The Labute approximate surface area is 191 Å². The summed E-state index contributed by atoms with van der Waals surface area (Å²) in [7, 11) is -3.62. The molecule has 0 unspecified atom stereocenters. The molecule has 2 aromatic rings. The molecule has 2 aromatic carbocycles. The molecule has 0 aliphatic rings. The van der Waals surface area contributed by atoms with Gasteiger partial charge in [-0.2, -0.15) is 4.31 Å². The van der Waals surface area contributed by atoms with Crippen LogP contribution < -0.4 is 21.5 Å². The second-order valence-electron chi connectivity index (χ2n) is 6.43. The summed E-state index contributed by atoms with van der Waals surface area (Å²) in [5.41, 5.74) is 4.96. The maximum absolute atomic E-state index is 12.5. The van der Waals surface area contributed by atoms with Crippen LogP contribution in [-0.2, 0) is 14.8 Å². The van der Waals surface area contributed by atoms with Gasteiger partial charge in [-0.25, -0.2) is 18.6 Å². The molecule has 0 bridgehead atoms. The van der Waals surface area contributed by atoms with Gasteiger partial charge in [-0.1, -0.05) is 25.4 Å². The minimum atomic E-state index is -3.62. The largest absolute Gasteiger partial charge is 0.343 e. The van der Waals surface area contributed by atoms with Crippen LogP contribution in [0, 0.1) is 0 Å². The maximum Gasteiger partial charge on any atom is 0.337 e. The third-order valence-corrected chi connectivity index (χ3v) is 6.60. The Kier molecular flexibility index (Phi) is 9.00. The number of nitrogens with one attached hydrogen (secondary N) is 4. The topological polar surface area (TPSA) is 137 Å².